The van der Waals surface area contributed by atoms with Crippen LogP contribution in [0.15, 0.2) is 42.5 Å². The molecule has 6 nitrogen and oxygen atoms in total. The number of fused-ring (bicyclic) bond motifs is 4. The van der Waals surface area contributed by atoms with Gasteiger partial charge in [0.2, 0.25) is 0 Å². The van der Waals surface area contributed by atoms with Crippen molar-refractivity contribution < 1.29 is 4.79 Å². The molecule has 0 fully saturated rings. The van der Waals surface area contributed by atoms with Gasteiger partial charge in [-0.3, -0.25) is 0 Å². The van der Waals surface area contributed by atoms with Crippen LogP contribution in [0, 0.1) is 0 Å². The van der Waals surface area contributed by atoms with Crippen LogP contribution in [0.25, 0.3) is 33.1 Å². The number of H-pyrrole nitrogens is 1. The number of carbonyl (C=O) groups excluding carboxylic acids is 1. The molecule has 0 aliphatic carbocycles. The molecule has 0 bridgehead atoms. The normalized spacial score (nSPS) is 11.8. The van der Waals surface area contributed by atoms with E-state index in [1.165, 1.54) is 0 Å². The molecule has 4 aromatic rings. The lowest BCUT2D eigenvalue weighted by atomic mass is 10.2. The largest absolute Gasteiger partial charge is 0.338 e. The van der Waals surface area contributed by atoms with Crippen molar-refractivity contribution in [3.05, 3.63) is 42.5 Å². The Bertz CT molecular complexity index is 1140. The zero-order valence-electron chi connectivity index (χ0n) is 15.9. The van der Waals surface area contributed by atoms with Gasteiger partial charge in [-0.05, 0) is 58.0 Å². The van der Waals surface area contributed by atoms with E-state index in [1.807, 2.05) is 75.1 Å². The number of nitrogens with zero attached hydrogens (tertiary/aromatic N) is 3. The van der Waals surface area contributed by atoms with Gasteiger partial charge >= 0.3 is 6.03 Å². The molecule has 2 N–H and O–H groups in total. The van der Waals surface area contributed by atoms with Crippen LogP contribution in [0.5, 0.6) is 0 Å². The molecule has 0 unspecified atom stereocenters. The fourth-order valence-electron chi connectivity index (χ4n) is 3.58. The minimum atomic E-state index is -0.101. The topological polar surface area (TPSA) is 73.9 Å². The lowest BCUT2D eigenvalue weighted by Crippen LogP contribution is -2.44. The maximum atomic E-state index is 12.7. The summed E-state index contributed by atoms with van der Waals surface area (Å²) in [6.45, 7) is 8.07. The summed E-state index contributed by atoms with van der Waals surface area (Å²) in [7, 11) is 0. The molecule has 2 heterocycles. The minimum Gasteiger partial charge on any atom is -0.338 e. The Morgan fingerprint density at radius 3 is 2.33 bits per heavy atom. The van der Waals surface area contributed by atoms with E-state index in [-0.39, 0.29) is 18.1 Å². The molecule has 2 aromatic heterocycles. The Labute approximate surface area is 157 Å². The van der Waals surface area contributed by atoms with E-state index in [9.17, 15) is 4.79 Å². The van der Waals surface area contributed by atoms with Gasteiger partial charge in [-0.1, -0.05) is 12.1 Å². The van der Waals surface area contributed by atoms with Gasteiger partial charge in [0, 0.05) is 28.7 Å². The summed E-state index contributed by atoms with van der Waals surface area (Å²) in [5, 5.41) is 3.96. The number of para-hydroxylation sites is 2. The highest BCUT2D eigenvalue weighted by Crippen LogP contribution is 2.27. The number of rotatable bonds is 3. The summed E-state index contributed by atoms with van der Waals surface area (Å²) in [6, 6.07) is 13.8. The third kappa shape index (κ3) is 3.07. The number of aromatic amines is 1. The molecule has 4 rings (SSSR count). The quantitative estimate of drug-likeness (QED) is 0.544. The molecule has 2 aromatic carbocycles. The standard InChI is InChI=1S/C21H23N5O/c1-12(2)26(13(3)4)21(27)22-14-9-10-16-15(11-14)19-20(24-16)25-18-8-6-5-7-17(18)23-19/h5-13H,1-4H3,(H,22,27)(H,24,25). The van der Waals surface area contributed by atoms with Crippen LogP contribution in [-0.2, 0) is 0 Å². The number of carbonyl (C=O) groups is 1. The zero-order chi connectivity index (χ0) is 19.1. The second-order valence-corrected chi connectivity index (χ2v) is 7.32. The number of nitrogens with one attached hydrogen (secondary N) is 2. The highest BCUT2D eigenvalue weighted by molar-refractivity contribution is 6.07. The van der Waals surface area contributed by atoms with Gasteiger partial charge in [-0.25, -0.2) is 14.8 Å². The summed E-state index contributed by atoms with van der Waals surface area (Å²) in [5.74, 6) is 0. The van der Waals surface area contributed by atoms with Crippen LogP contribution in [0.1, 0.15) is 27.7 Å². The van der Waals surface area contributed by atoms with Crippen molar-refractivity contribution in [3.63, 3.8) is 0 Å². The maximum absolute atomic E-state index is 12.7. The van der Waals surface area contributed by atoms with Crippen molar-refractivity contribution in [2.75, 3.05) is 5.32 Å². The van der Waals surface area contributed by atoms with E-state index in [4.69, 9.17) is 4.98 Å². The van der Waals surface area contributed by atoms with E-state index in [0.29, 0.717) is 0 Å². The van der Waals surface area contributed by atoms with Crippen molar-refractivity contribution in [3.8, 4) is 0 Å². The number of aromatic nitrogens is 3. The Morgan fingerprint density at radius 1 is 1.00 bits per heavy atom. The van der Waals surface area contributed by atoms with Gasteiger partial charge in [0.25, 0.3) is 0 Å². The summed E-state index contributed by atoms with van der Waals surface area (Å²) in [5.41, 5.74) is 4.96. The molecule has 27 heavy (non-hydrogen) atoms. The number of amides is 2. The van der Waals surface area contributed by atoms with Gasteiger partial charge in [0.15, 0.2) is 5.65 Å². The van der Waals surface area contributed by atoms with Crippen LogP contribution < -0.4 is 5.32 Å². The maximum Gasteiger partial charge on any atom is 0.322 e. The molecule has 6 heteroatoms. The number of benzene rings is 2. The predicted molar refractivity (Wildman–Crippen MR) is 110 cm³/mol. The fraction of sp³-hybridized carbons (Fsp3) is 0.286. The fourth-order valence-corrected chi connectivity index (χ4v) is 3.58. The molecule has 0 atom stereocenters. The molecule has 0 aliphatic rings. The first-order valence-corrected chi connectivity index (χ1v) is 9.21. The van der Waals surface area contributed by atoms with Gasteiger partial charge in [-0.2, -0.15) is 0 Å². The Kier molecular flexibility index (Phi) is 4.18. The third-order valence-corrected chi connectivity index (χ3v) is 4.70. The highest BCUT2D eigenvalue weighted by atomic mass is 16.2. The first kappa shape index (κ1) is 17.3. The molecule has 0 saturated carbocycles. The van der Waals surface area contributed by atoms with Crippen molar-refractivity contribution in [2.24, 2.45) is 0 Å². The second-order valence-electron chi connectivity index (χ2n) is 7.32. The molecular weight excluding hydrogens is 338 g/mol. The van der Waals surface area contributed by atoms with Crippen LogP contribution in [0.3, 0.4) is 0 Å². The second kappa shape index (κ2) is 6.54. The van der Waals surface area contributed by atoms with E-state index >= 15 is 0 Å². The predicted octanol–water partition coefficient (Wildman–Crippen LogP) is 4.92. The smallest absolute Gasteiger partial charge is 0.322 e. The molecule has 2 amide bonds. The van der Waals surface area contributed by atoms with Gasteiger partial charge in [0.05, 0.1) is 11.0 Å². The molecule has 0 saturated heterocycles. The van der Waals surface area contributed by atoms with Crippen molar-refractivity contribution in [1.82, 2.24) is 19.9 Å². The average Bonchev–Trinajstić information content (AvgIpc) is 2.96. The van der Waals surface area contributed by atoms with E-state index in [2.05, 4.69) is 15.3 Å². The highest BCUT2D eigenvalue weighted by Gasteiger charge is 2.20. The first-order chi connectivity index (χ1) is 12.9. The van der Waals surface area contributed by atoms with E-state index < -0.39 is 0 Å². The molecule has 138 valence electrons. The SMILES string of the molecule is CC(C)N(C(=O)Nc1ccc2[nH]c3nc4ccccc4nc3c2c1)C(C)C. The average molecular weight is 361 g/mol. The van der Waals surface area contributed by atoms with Crippen LogP contribution in [0.4, 0.5) is 10.5 Å². The van der Waals surface area contributed by atoms with Gasteiger partial charge in [0.1, 0.15) is 5.52 Å². The Balaban J connectivity index is 1.76. The summed E-state index contributed by atoms with van der Waals surface area (Å²) < 4.78 is 0. The Morgan fingerprint density at radius 2 is 1.67 bits per heavy atom. The molecule has 0 radical (unpaired) electrons. The molecular formula is C21H23N5O. The summed E-state index contributed by atoms with van der Waals surface area (Å²) in [6.07, 6.45) is 0. The molecule has 0 spiro atoms. The van der Waals surface area contributed by atoms with Crippen molar-refractivity contribution in [1.29, 1.82) is 0 Å². The lowest BCUT2D eigenvalue weighted by molar-refractivity contribution is 0.178. The summed E-state index contributed by atoms with van der Waals surface area (Å²) in [4.78, 5) is 27.3. The summed E-state index contributed by atoms with van der Waals surface area (Å²) >= 11 is 0. The van der Waals surface area contributed by atoms with Crippen LogP contribution >= 0.6 is 0 Å². The molecule has 0 aliphatic heterocycles. The number of urea groups is 1. The monoisotopic (exact) mass is 361 g/mol. The van der Waals surface area contributed by atoms with Crippen LogP contribution in [0.2, 0.25) is 0 Å². The van der Waals surface area contributed by atoms with Gasteiger partial charge in [-0.15, -0.1) is 0 Å². The van der Waals surface area contributed by atoms with E-state index in [0.717, 1.165) is 38.8 Å². The number of hydrogen-bond donors (Lipinski definition) is 2. The third-order valence-electron chi connectivity index (χ3n) is 4.70. The first-order valence-electron chi connectivity index (χ1n) is 9.21. The number of anilines is 1. The Hall–Kier alpha value is -3.15. The number of hydrogen-bond acceptors (Lipinski definition) is 3. The van der Waals surface area contributed by atoms with Crippen molar-refractivity contribution in [2.45, 2.75) is 39.8 Å². The van der Waals surface area contributed by atoms with E-state index in [1.54, 1.807) is 0 Å². The lowest BCUT2D eigenvalue weighted by Gasteiger charge is -2.30. The van der Waals surface area contributed by atoms with Gasteiger partial charge < -0.3 is 15.2 Å². The van der Waals surface area contributed by atoms with Crippen LogP contribution in [-0.4, -0.2) is 38.0 Å². The minimum absolute atomic E-state index is 0.101. The zero-order valence-corrected chi connectivity index (χ0v) is 15.9. The van der Waals surface area contributed by atoms with Crippen molar-refractivity contribution >= 4 is 44.8 Å².